The third-order valence-corrected chi connectivity index (χ3v) is 3.21. The fourth-order valence-electron chi connectivity index (χ4n) is 2.26. The van der Waals surface area contributed by atoms with Crippen LogP contribution in [0.25, 0.3) is 11.0 Å². The SMILES string of the molecule is NC(c1ncnc2[nH]ccc12)N1CCNCC1. The molecule has 3 rings (SSSR count). The molecule has 0 amide bonds. The summed E-state index contributed by atoms with van der Waals surface area (Å²) in [6.07, 6.45) is 3.28. The standard InChI is InChI=1S/C11H16N6/c12-10(17-5-3-13-4-6-17)9-8-1-2-14-11(8)16-7-15-9/h1-2,7,10,13H,3-6,12H2,(H,14,15,16). The van der Waals surface area contributed by atoms with Crippen molar-refractivity contribution in [2.45, 2.75) is 6.17 Å². The van der Waals surface area contributed by atoms with Gasteiger partial charge in [0, 0.05) is 37.8 Å². The Morgan fingerprint density at radius 1 is 1.29 bits per heavy atom. The number of hydrogen-bond acceptors (Lipinski definition) is 5. The van der Waals surface area contributed by atoms with Gasteiger partial charge in [-0.25, -0.2) is 9.97 Å². The Hall–Kier alpha value is -1.50. The highest BCUT2D eigenvalue weighted by atomic mass is 15.3. The minimum atomic E-state index is -0.154. The zero-order valence-electron chi connectivity index (χ0n) is 9.56. The average molecular weight is 232 g/mol. The molecule has 1 fully saturated rings. The molecule has 0 spiro atoms. The summed E-state index contributed by atoms with van der Waals surface area (Å²) in [4.78, 5) is 13.8. The lowest BCUT2D eigenvalue weighted by atomic mass is 10.2. The van der Waals surface area contributed by atoms with Crippen molar-refractivity contribution in [2.75, 3.05) is 26.2 Å². The fraction of sp³-hybridized carbons (Fsp3) is 0.455. The predicted molar refractivity (Wildman–Crippen MR) is 65.3 cm³/mol. The molecule has 1 unspecified atom stereocenters. The van der Waals surface area contributed by atoms with Crippen molar-refractivity contribution in [1.82, 2.24) is 25.2 Å². The summed E-state index contributed by atoms with van der Waals surface area (Å²) in [5.74, 6) is 0. The summed E-state index contributed by atoms with van der Waals surface area (Å²) in [7, 11) is 0. The summed E-state index contributed by atoms with van der Waals surface area (Å²) in [5, 5.41) is 4.33. The molecule has 0 saturated carbocycles. The first-order valence-electron chi connectivity index (χ1n) is 5.84. The molecule has 90 valence electrons. The minimum Gasteiger partial charge on any atom is -0.346 e. The number of aromatic nitrogens is 3. The molecular formula is C11H16N6. The molecule has 0 aromatic carbocycles. The Morgan fingerprint density at radius 3 is 2.94 bits per heavy atom. The molecule has 17 heavy (non-hydrogen) atoms. The van der Waals surface area contributed by atoms with Gasteiger partial charge in [0.1, 0.15) is 18.1 Å². The summed E-state index contributed by atoms with van der Waals surface area (Å²) in [6.45, 7) is 3.87. The molecular weight excluding hydrogens is 216 g/mol. The third kappa shape index (κ3) is 1.90. The number of rotatable bonds is 2. The maximum atomic E-state index is 6.29. The Morgan fingerprint density at radius 2 is 2.12 bits per heavy atom. The van der Waals surface area contributed by atoms with Gasteiger partial charge in [0.25, 0.3) is 0 Å². The van der Waals surface area contributed by atoms with Gasteiger partial charge in [0.05, 0.1) is 5.69 Å². The number of H-pyrrole nitrogens is 1. The lowest BCUT2D eigenvalue weighted by Gasteiger charge is -2.32. The van der Waals surface area contributed by atoms with Gasteiger partial charge in [-0.3, -0.25) is 4.90 Å². The number of nitrogens with two attached hydrogens (primary N) is 1. The van der Waals surface area contributed by atoms with E-state index in [0.29, 0.717) is 0 Å². The van der Waals surface area contributed by atoms with Crippen LogP contribution >= 0.6 is 0 Å². The fourth-order valence-corrected chi connectivity index (χ4v) is 2.26. The van der Waals surface area contributed by atoms with Crippen LogP contribution in [0.4, 0.5) is 0 Å². The van der Waals surface area contributed by atoms with E-state index in [9.17, 15) is 0 Å². The van der Waals surface area contributed by atoms with Crippen molar-refractivity contribution in [3.8, 4) is 0 Å². The highest BCUT2D eigenvalue weighted by Gasteiger charge is 2.21. The van der Waals surface area contributed by atoms with E-state index in [0.717, 1.165) is 42.9 Å². The van der Waals surface area contributed by atoms with Crippen molar-refractivity contribution >= 4 is 11.0 Å². The quantitative estimate of drug-likeness (QED) is 0.669. The first kappa shape index (κ1) is 10.6. The molecule has 1 atom stereocenters. The molecule has 0 bridgehead atoms. The van der Waals surface area contributed by atoms with Crippen LogP contribution in [0.3, 0.4) is 0 Å². The van der Waals surface area contributed by atoms with Gasteiger partial charge in [-0.15, -0.1) is 0 Å². The van der Waals surface area contributed by atoms with Gasteiger partial charge < -0.3 is 16.0 Å². The molecule has 2 aromatic heterocycles. The third-order valence-electron chi connectivity index (χ3n) is 3.21. The minimum absolute atomic E-state index is 0.154. The topological polar surface area (TPSA) is 82.9 Å². The Balaban J connectivity index is 1.94. The first-order chi connectivity index (χ1) is 8.36. The van der Waals surface area contributed by atoms with Gasteiger partial charge in [0.15, 0.2) is 0 Å². The molecule has 6 heteroatoms. The second-order valence-electron chi connectivity index (χ2n) is 4.23. The maximum absolute atomic E-state index is 6.29. The summed E-state index contributed by atoms with van der Waals surface area (Å²) >= 11 is 0. The van der Waals surface area contributed by atoms with E-state index in [-0.39, 0.29) is 6.17 Å². The second kappa shape index (κ2) is 4.40. The van der Waals surface area contributed by atoms with Crippen LogP contribution in [0, 0.1) is 0 Å². The van der Waals surface area contributed by atoms with Crippen molar-refractivity contribution in [3.63, 3.8) is 0 Å². The number of piperazine rings is 1. The van der Waals surface area contributed by atoms with Crippen LogP contribution in [-0.4, -0.2) is 46.0 Å². The zero-order chi connectivity index (χ0) is 11.7. The van der Waals surface area contributed by atoms with Gasteiger partial charge in [-0.1, -0.05) is 0 Å². The number of nitrogens with one attached hydrogen (secondary N) is 2. The maximum Gasteiger partial charge on any atom is 0.141 e. The summed E-state index contributed by atoms with van der Waals surface area (Å²) in [6, 6.07) is 1.98. The molecule has 1 aliphatic rings. The van der Waals surface area contributed by atoms with E-state index in [1.165, 1.54) is 0 Å². The van der Waals surface area contributed by atoms with E-state index < -0.39 is 0 Å². The number of nitrogens with zero attached hydrogens (tertiary/aromatic N) is 3. The smallest absolute Gasteiger partial charge is 0.141 e. The van der Waals surface area contributed by atoms with Gasteiger partial charge in [-0.05, 0) is 6.07 Å². The molecule has 6 nitrogen and oxygen atoms in total. The normalized spacial score (nSPS) is 19.6. The summed E-state index contributed by atoms with van der Waals surface area (Å²) < 4.78 is 0. The van der Waals surface area contributed by atoms with Crippen LogP contribution in [0.15, 0.2) is 18.6 Å². The first-order valence-corrected chi connectivity index (χ1v) is 5.84. The molecule has 4 N–H and O–H groups in total. The van der Waals surface area contributed by atoms with E-state index in [1.54, 1.807) is 6.33 Å². The van der Waals surface area contributed by atoms with Crippen LogP contribution in [0.2, 0.25) is 0 Å². The second-order valence-corrected chi connectivity index (χ2v) is 4.23. The lowest BCUT2D eigenvalue weighted by molar-refractivity contribution is 0.175. The molecule has 1 aliphatic heterocycles. The monoisotopic (exact) mass is 232 g/mol. The van der Waals surface area contributed by atoms with E-state index >= 15 is 0 Å². The number of aromatic amines is 1. The van der Waals surface area contributed by atoms with Gasteiger partial charge >= 0.3 is 0 Å². The van der Waals surface area contributed by atoms with Crippen LogP contribution < -0.4 is 11.1 Å². The van der Waals surface area contributed by atoms with Crippen molar-refractivity contribution in [3.05, 3.63) is 24.3 Å². The Kier molecular flexibility index (Phi) is 2.76. The van der Waals surface area contributed by atoms with Crippen molar-refractivity contribution in [2.24, 2.45) is 5.73 Å². The molecule has 0 aliphatic carbocycles. The molecule has 0 radical (unpaired) electrons. The number of fused-ring (bicyclic) bond motifs is 1. The molecule has 1 saturated heterocycles. The molecule has 3 heterocycles. The number of hydrogen-bond donors (Lipinski definition) is 3. The zero-order valence-corrected chi connectivity index (χ0v) is 9.56. The van der Waals surface area contributed by atoms with Crippen LogP contribution in [0.5, 0.6) is 0 Å². The van der Waals surface area contributed by atoms with Gasteiger partial charge in [0.2, 0.25) is 0 Å². The Labute approximate surface area is 99.2 Å². The van der Waals surface area contributed by atoms with Crippen LogP contribution in [-0.2, 0) is 0 Å². The van der Waals surface area contributed by atoms with Gasteiger partial charge in [-0.2, -0.15) is 0 Å². The predicted octanol–water partition coefficient (Wildman–Crippen LogP) is -0.180. The van der Waals surface area contributed by atoms with Crippen LogP contribution in [0.1, 0.15) is 11.9 Å². The van der Waals surface area contributed by atoms with Crippen molar-refractivity contribution in [1.29, 1.82) is 0 Å². The Bertz CT molecular complexity index is 501. The van der Waals surface area contributed by atoms with Crippen molar-refractivity contribution < 1.29 is 0 Å². The van der Waals surface area contributed by atoms with E-state index in [4.69, 9.17) is 5.73 Å². The summed E-state index contributed by atoms with van der Waals surface area (Å²) in [5.41, 5.74) is 8.04. The molecule has 2 aromatic rings. The van der Waals surface area contributed by atoms with E-state index in [1.807, 2.05) is 12.3 Å². The van der Waals surface area contributed by atoms with E-state index in [2.05, 4.69) is 25.2 Å². The highest BCUT2D eigenvalue weighted by molar-refractivity contribution is 5.78. The average Bonchev–Trinajstić information content (AvgIpc) is 2.87. The lowest BCUT2D eigenvalue weighted by Crippen LogP contribution is -2.47. The highest BCUT2D eigenvalue weighted by Crippen LogP contribution is 2.21. The largest absolute Gasteiger partial charge is 0.346 e.